The molecule has 81 heavy (non-hydrogen) atoms. The number of hydrogen-bond acceptors (Lipinski definition) is 1. The van der Waals surface area contributed by atoms with Crippen LogP contribution in [0, 0.1) is 0 Å². The van der Waals surface area contributed by atoms with Crippen LogP contribution < -0.4 is 41.5 Å². The fourth-order valence-corrected chi connectivity index (χ4v) is 23.9. The van der Waals surface area contributed by atoms with Crippen molar-refractivity contribution in [2.45, 2.75) is 0 Å². The van der Waals surface area contributed by atoms with Crippen LogP contribution in [0.3, 0.4) is 0 Å². The van der Waals surface area contributed by atoms with E-state index >= 15 is 0 Å². The zero-order valence-electron chi connectivity index (χ0n) is 44.3. The number of para-hydroxylation sites is 3. The van der Waals surface area contributed by atoms with Crippen LogP contribution in [-0.4, -0.2) is 25.3 Å². The first-order chi connectivity index (χ1) is 40.2. The van der Waals surface area contributed by atoms with Crippen molar-refractivity contribution in [2.75, 3.05) is 0 Å². The second-order valence-electron chi connectivity index (χ2n) is 21.4. The van der Waals surface area contributed by atoms with Crippen LogP contribution in [0.1, 0.15) is 0 Å². The third kappa shape index (κ3) is 6.93. The van der Waals surface area contributed by atoms with Crippen LogP contribution >= 0.6 is 0 Å². The lowest BCUT2D eigenvalue weighted by atomic mass is 10.1. The molecule has 0 saturated heterocycles. The molecule has 0 amide bonds. The number of fused-ring (bicyclic) bond motifs is 11. The lowest BCUT2D eigenvalue weighted by Gasteiger charge is -2.35. The van der Waals surface area contributed by atoms with Gasteiger partial charge in [-0.2, -0.15) is 0 Å². The molecule has 0 N–H and O–H groups in total. The summed E-state index contributed by atoms with van der Waals surface area (Å²) in [4.78, 5) is 0. The predicted octanol–water partition coefficient (Wildman–Crippen LogP) is 13.7. The third-order valence-corrected chi connectivity index (χ3v) is 27.0. The molecule has 0 aliphatic heterocycles. The minimum Gasteiger partial charge on any atom is -0.454 e. The zero-order valence-corrected chi connectivity index (χ0v) is 46.3. The van der Waals surface area contributed by atoms with E-state index < -0.39 is 16.1 Å². The van der Waals surface area contributed by atoms with Gasteiger partial charge in [-0.15, -0.1) is 0 Å². The fourth-order valence-electron chi connectivity index (χ4n) is 14.1. The minimum absolute atomic E-state index is 0.856. The second kappa shape index (κ2) is 18.8. The summed E-state index contributed by atoms with van der Waals surface area (Å²) >= 11 is 0. The van der Waals surface area contributed by atoms with E-state index in [0.29, 0.717) is 0 Å². The number of benzene rings is 13. The molecule has 0 atom stereocenters. The molecule has 3 heterocycles. The Morgan fingerprint density at radius 2 is 0.704 bits per heavy atom. The lowest BCUT2D eigenvalue weighted by molar-refractivity contribution is 0.666. The molecule has 0 spiro atoms. The molecule has 13 aromatic carbocycles. The first-order valence-electron chi connectivity index (χ1n) is 28.0. The van der Waals surface area contributed by atoms with E-state index in [4.69, 9.17) is 4.42 Å². The lowest BCUT2D eigenvalue weighted by Crippen LogP contribution is -2.74. The normalized spacial score (nSPS) is 12.2. The maximum atomic E-state index is 7.18. The topological polar surface area (TPSA) is 23.0 Å². The Hall–Kier alpha value is -10.0. The number of furan rings is 1. The highest BCUT2D eigenvalue weighted by Crippen LogP contribution is 2.45. The average molecular weight is 1070 g/mol. The Balaban J connectivity index is 1.19. The van der Waals surface area contributed by atoms with Crippen molar-refractivity contribution in [3.8, 4) is 11.4 Å². The Morgan fingerprint density at radius 3 is 1.30 bits per heavy atom. The van der Waals surface area contributed by atoms with Gasteiger partial charge in [0.05, 0.1) is 33.4 Å². The maximum absolute atomic E-state index is 7.18. The minimum atomic E-state index is -3.31. The van der Waals surface area contributed by atoms with Crippen LogP contribution in [0.2, 0.25) is 0 Å². The van der Waals surface area contributed by atoms with Gasteiger partial charge in [-0.1, -0.05) is 279 Å². The summed E-state index contributed by atoms with van der Waals surface area (Å²) in [5, 5.41) is 20.0. The molecule has 0 fully saturated rings. The van der Waals surface area contributed by atoms with Crippen molar-refractivity contribution in [1.82, 2.24) is 9.13 Å². The van der Waals surface area contributed by atoms with Gasteiger partial charge in [0.1, 0.15) is 5.58 Å². The molecular formula is C76H52N2OSi2. The van der Waals surface area contributed by atoms with Crippen LogP contribution in [0.25, 0.3) is 87.7 Å². The van der Waals surface area contributed by atoms with Crippen LogP contribution in [0.5, 0.6) is 0 Å². The average Bonchev–Trinajstić information content (AvgIpc) is 2.85. The first kappa shape index (κ1) is 47.0. The van der Waals surface area contributed by atoms with Gasteiger partial charge in [-0.3, -0.25) is 0 Å². The second-order valence-corrected chi connectivity index (χ2v) is 29.0. The summed E-state index contributed by atoms with van der Waals surface area (Å²) in [6.45, 7) is 0. The number of nitrogens with zero attached hydrogens (tertiary/aromatic N) is 2. The number of hydrogen-bond donors (Lipinski definition) is 0. The van der Waals surface area contributed by atoms with Gasteiger partial charge in [-0.25, -0.2) is 0 Å². The molecule has 5 heteroatoms. The van der Waals surface area contributed by atoms with Crippen molar-refractivity contribution in [2.24, 2.45) is 0 Å². The highest BCUT2D eigenvalue weighted by atomic mass is 28.3. The zero-order chi connectivity index (χ0) is 53.5. The number of rotatable bonds is 10. The van der Waals surface area contributed by atoms with E-state index in [1.54, 1.807) is 0 Å². The smallest absolute Gasteiger partial charge is 0.180 e. The summed E-state index contributed by atoms with van der Waals surface area (Å²) in [6.07, 6.45) is 0. The molecule has 16 rings (SSSR count). The first-order valence-corrected chi connectivity index (χ1v) is 32.0. The van der Waals surface area contributed by atoms with E-state index in [9.17, 15) is 0 Å². The molecule has 0 aliphatic carbocycles. The van der Waals surface area contributed by atoms with Gasteiger partial charge in [0, 0.05) is 37.7 Å². The van der Waals surface area contributed by atoms with Crippen molar-refractivity contribution in [1.29, 1.82) is 0 Å². The quantitative estimate of drug-likeness (QED) is 0.0989. The molecule has 0 radical (unpaired) electrons. The Labute approximate surface area is 471 Å². The summed E-state index contributed by atoms with van der Waals surface area (Å²) < 4.78 is 12.4. The Bertz CT molecular complexity index is 4840. The predicted molar refractivity (Wildman–Crippen MR) is 347 cm³/mol. The molecule has 380 valence electrons. The van der Waals surface area contributed by atoms with Crippen LogP contribution in [0.4, 0.5) is 0 Å². The largest absolute Gasteiger partial charge is 0.454 e. The van der Waals surface area contributed by atoms with Crippen LogP contribution in [0.15, 0.2) is 320 Å². The van der Waals surface area contributed by atoms with Crippen LogP contribution in [-0.2, 0) is 0 Å². The molecule has 0 unspecified atom stereocenters. The summed E-state index contributed by atoms with van der Waals surface area (Å²) in [6, 6.07) is 118. The van der Waals surface area contributed by atoms with Gasteiger partial charge in [0.2, 0.25) is 0 Å². The van der Waals surface area contributed by atoms with Gasteiger partial charge in [-0.05, 0) is 83.3 Å². The van der Waals surface area contributed by atoms with E-state index in [1.165, 1.54) is 79.3 Å². The monoisotopic (exact) mass is 1060 g/mol. The summed E-state index contributed by atoms with van der Waals surface area (Å²) in [5.41, 5.74) is 8.45. The summed E-state index contributed by atoms with van der Waals surface area (Å²) in [7, 11) is -6.36. The highest BCUT2D eigenvalue weighted by molar-refractivity contribution is 7.21. The standard InChI is InChI=1S/C76H52N2OSi2/c1-7-29-54(30-8-1)80(55-31-9-2-10-32-55,56-33-11-3-12-34-56)60-49-50-65-69(51-60)77(68-47-26-44-63-62-42-22-24-48-71(62)79-76(63)68)70-52-72(81(57-35-13-4-14-36-57,58-37-15-5-16-38-58)59-39-17-6-18-40-59)74-64-43-21-23-45-67(64)78(75(74)73(65)70)66-46-25-28-53-27-19-20-41-61(53)66/h1-52H. The van der Waals surface area contributed by atoms with E-state index in [0.717, 1.165) is 49.9 Å². The summed E-state index contributed by atoms with van der Waals surface area (Å²) in [5.74, 6) is 0. The Kier molecular flexibility index (Phi) is 10.9. The van der Waals surface area contributed by atoms with Gasteiger partial charge >= 0.3 is 0 Å². The van der Waals surface area contributed by atoms with E-state index in [-0.39, 0.29) is 0 Å². The number of aromatic nitrogens is 2. The maximum Gasteiger partial charge on any atom is 0.180 e. The molecule has 0 saturated carbocycles. The molecule has 3 nitrogen and oxygen atoms in total. The molecule has 16 aromatic rings. The molecular weight excluding hydrogens is 1010 g/mol. The molecule has 3 aromatic heterocycles. The van der Waals surface area contributed by atoms with Gasteiger partial charge in [0.25, 0.3) is 0 Å². The van der Waals surface area contributed by atoms with Crippen molar-refractivity contribution >= 4 is 134 Å². The van der Waals surface area contributed by atoms with Crippen molar-refractivity contribution < 1.29 is 4.42 Å². The fraction of sp³-hybridized carbons (Fsp3) is 0. The highest BCUT2D eigenvalue weighted by Gasteiger charge is 2.45. The van der Waals surface area contributed by atoms with Crippen molar-refractivity contribution in [3.05, 3.63) is 315 Å². The molecule has 0 bridgehead atoms. The van der Waals surface area contributed by atoms with Gasteiger partial charge in [0.15, 0.2) is 21.7 Å². The van der Waals surface area contributed by atoms with E-state index in [2.05, 4.69) is 325 Å². The van der Waals surface area contributed by atoms with Crippen molar-refractivity contribution in [3.63, 3.8) is 0 Å². The SMILES string of the molecule is c1ccc([Si](c2ccccc2)(c2ccccc2)c2ccc3c4c(cc([Si](c5ccccc5)(c5ccccc5)c5ccccc5)c5c6ccccc6n(-c6cccc7ccccc67)c54)n(-c4cccc5c4oc4ccccc45)c3c2)cc1. The van der Waals surface area contributed by atoms with E-state index in [1.807, 2.05) is 0 Å². The Morgan fingerprint density at radius 1 is 0.259 bits per heavy atom. The van der Waals surface area contributed by atoms with Gasteiger partial charge < -0.3 is 13.6 Å². The third-order valence-electron chi connectivity index (χ3n) is 17.4. The molecule has 0 aliphatic rings.